The first kappa shape index (κ1) is 11.1. The van der Waals surface area contributed by atoms with E-state index in [1.807, 2.05) is 0 Å². The Morgan fingerprint density at radius 3 is 2.71 bits per heavy atom. The summed E-state index contributed by atoms with van der Waals surface area (Å²) in [4.78, 5) is 3.93. The van der Waals surface area contributed by atoms with Crippen molar-refractivity contribution in [3.63, 3.8) is 0 Å². The van der Waals surface area contributed by atoms with Crippen molar-refractivity contribution in [2.24, 2.45) is 0 Å². The van der Waals surface area contributed by atoms with Crippen LogP contribution in [0.3, 0.4) is 0 Å². The fraction of sp³-hybridized carbons (Fsp3) is 0.0769. The maximum Gasteiger partial charge on any atom is 0.146 e. The predicted octanol–water partition coefficient (Wildman–Crippen LogP) is 2.90. The molecular formula is C13H10FN3. The molecule has 84 valence electrons. The van der Waals surface area contributed by atoms with Gasteiger partial charge >= 0.3 is 0 Å². The van der Waals surface area contributed by atoms with Crippen LogP contribution in [-0.2, 0) is 0 Å². The highest BCUT2D eigenvalue weighted by Crippen LogP contribution is 2.20. The third-order valence-electron chi connectivity index (χ3n) is 2.32. The van der Waals surface area contributed by atoms with E-state index in [0.29, 0.717) is 11.3 Å². The molecule has 3 nitrogen and oxygen atoms in total. The van der Waals surface area contributed by atoms with Crippen molar-refractivity contribution in [1.82, 2.24) is 4.98 Å². The van der Waals surface area contributed by atoms with E-state index >= 15 is 0 Å². The van der Waals surface area contributed by atoms with E-state index in [9.17, 15) is 4.39 Å². The minimum absolute atomic E-state index is 0.308. The van der Waals surface area contributed by atoms with Gasteiger partial charge in [-0.1, -0.05) is 18.2 Å². The lowest BCUT2D eigenvalue weighted by atomic mass is 10.1. The van der Waals surface area contributed by atoms with Gasteiger partial charge in [0.05, 0.1) is 11.8 Å². The average molecular weight is 227 g/mol. The van der Waals surface area contributed by atoms with Gasteiger partial charge in [-0.3, -0.25) is 4.98 Å². The van der Waals surface area contributed by atoms with Crippen molar-refractivity contribution < 1.29 is 4.39 Å². The van der Waals surface area contributed by atoms with Crippen LogP contribution < -0.4 is 5.32 Å². The Hall–Kier alpha value is -2.41. The first-order chi connectivity index (χ1) is 8.31. The third-order valence-corrected chi connectivity index (χ3v) is 2.32. The molecule has 0 bridgehead atoms. The largest absolute Gasteiger partial charge is 0.364 e. The summed E-state index contributed by atoms with van der Waals surface area (Å²) in [6, 6.07) is 11.2. The van der Waals surface area contributed by atoms with Crippen LogP contribution in [0, 0.1) is 17.1 Å². The molecule has 0 spiro atoms. The molecule has 0 aliphatic rings. The zero-order chi connectivity index (χ0) is 12.1. The number of nitrogens with one attached hydrogen (secondary N) is 1. The van der Waals surface area contributed by atoms with Gasteiger partial charge in [0.25, 0.3) is 0 Å². The van der Waals surface area contributed by atoms with Gasteiger partial charge in [-0.2, -0.15) is 5.26 Å². The van der Waals surface area contributed by atoms with E-state index in [4.69, 9.17) is 5.26 Å². The lowest BCUT2D eigenvalue weighted by Crippen LogP contribution is -2.09. The Labute approximate surface area is 98.5 Å². The first-order valence-electron chi connectivity index (χ1n) is 5.12. The summed E-state index contributed by atoms with van der Waals surface area (Å²) in [7, 11) is 0. The second kappa shape index (κ2) is 5.08. The summed E-state index contributed by atoms with van der Waals surface area (Å²) in [5, 5.41) is 11.9. The van der Waals surface area contributed by atoms with Crippen LogP contribution in [0.4, 0.5) is 10.1 Å². The Morgan fingerprint density at radius 1 is 1.24 bits per heavy atom. The zero-order valence-corrected chi connectivity index (χ0v) is 8.97. The van der Waals surface area contributed by atoms with Crippen LogP contribution in [0.5, 0.6) is 0 Å². The molecule has 2 rings (SSSR count). The van der Waals surface area contributed by atoms with Gasteiger partial charge in [0.2, 0.25) is 0 Å². The van der Waals surface area contributed by atoms with Crippen LogP contribution in [0.1, 0.15) is 11.6 Å². The minimum atomic E-state index is -0.611. The van der Waals surface area contributed by atoms with E-state index in [1.165, 1.54) is 6.07 Å². The highest BCUT2D eigenvalue weighted by molar-refractivity contribution is 5.48. The molecule has 1 heterocycles. The highest BCUT2D eigenvalue weighted by Gasteiger charge is 2.11. The van der Waals surface area contributed by atoms with Crippen LogP contribution in [0.25, 0.3) is 0 Å². The van der Waals surface area contributed by atoms with Crippen molar-refractivity contribution >= 4 is 5.69 Å². The summed E-state index contributed by atoms with van der Waals surface area (Å²) < 4.78 is 13.4. The van der Waals surface area contributed by atoms with Crippen LogP contribution in [0.2, 0.25) is 0 Å². The molecule has 1 N–H and O–H groups in total. The highest BCUT2D eigenvalue weighted by atomic mass is 19.1. The molecule has 17 heavy (non-hydrogen) atoms. The maximum atomic E-state index is 13.4. The average Bonchev–Trinajstić information content (AvgIpc) is 2.39. The smallest absolute Gasteiger partial charge is 0.146 e. The van der Waals surface area contributed by atoms with Gasteiger partial charge in [-0.15, -0.1) is 0 Å². The van der Waals surface area contributed by atoms with Crippen molar-refractivity contribution in [3.8, 4) is 6.07 Å². The minimum Gasteiger partial charge on any atom is -0.364 e. The van der Waals surface area contributed by atoms with Crippen molar-refractivity contribution in [3.05, 3.63) is 60.2 Å². The summed E-state index contributed by atoms with van der Waals surface area (Å²) >= 11 is 0. The zero-order valence-electron chi connectivity index (χ0n) is 8.97. The molecule has 2 aromatic rings. The number of anilines is 1. The molecule has 1 aromatic carbocycles. The van der Waals surface area contributed by atoms with Gasteiger partial charge in [0, 0.05) is 18.0 Å². The molecule has 0 saturated carbocycles. The number of pyridine rings is 1. The fourth-order valence-corrected chi connectivity index (χ4v) is 1.47. The molecule has 1 aromatic heterocycles. The standard InChI is InChI=1S/C13H10FN3/c14-11-5-1-2-6-12(11)17-13(8-15)10-4-3-7-16-9-10/h1-7,9,13,17H. The molecule has 0 radical (unpaired) electrons. The summed E-state index contributed by atoms with van der Waals surface area (Å²) in [5.74, 6) is -0.378. The molecule has 0 fully saturated rings. The Balaban J connectivity index is 2.23. The van der Waals surface area contributed by atoms with Crippen LogP contribution >= 0.6 is 0 Å². The normalized spacial score (nSPS) is 11.5. The molecular weight excluding hydrogens is 217 g/mol. The lowest BCUT2D eigenvalue weighted by molar-refractivity contribution is 0.629. The number of nitrogens with zero attached hydrogens (tertiary/aromatic N) is 2. The molecule has 4 heteroatoms. The van der Waals surface area contributed by atoms with Gasteiger partial charge in [0.1, 0.15) is 11.9 Å². The quantitative estimate of drug-likeness (QED) is 0.877. The van der Waals surface area contributed by atoms with Crippen molar-refractivity contribution in [2.45, 2.75) is 6.04 Å². The van der Waals surface area contributed by atoms with Crippen molar-refractivity contribution in [2.75, 3.05) is 5.32 Å². The molecule has 0 aliphatic heterocycles. The molecule has 0 amide bonds. The Morgan fingerprint density at radius 2 is 2.06 bits per heavy atom. The summed E-state index contributed by atoms with van der Waals surface area (Å²) in [5.41, 5.74) is 1.01. The van der Waals surface area contributed by atoms with Gasteiger partial charge < -0.3 is 5.32 Å². The van der Waals surface area contributed by atoms with Crippen LogP contribution in [-0.4, -0.2) is 4.98 Å². The molecule has 0 saturated heterocycles. The molecule has 1 unspecified atom stereocenters. The number of rotatable bonds is 3. The summed E-state index contributed by atoms with van der Waals surface area (Å²) in [6.07, 6.45) is 3.21. The maximum absolute atomic E-state index is 13.4. The topological polar surface area (TPSA) is 48.7 Å². The molecule has 1 atom stereocenters. The summed E-state index contributed by atoms with van der Waals surface area (Å²) in [6.45, 7) is 0. The molecule has 0 aliphatic carbocycles. The van der Waals surface area contributed by atoms with Gasteiger partial charge in [-0.05, 0) is 18.2 Å². The predicted molar refractivity (Wildman–Crippen MR) is 62.6 cm³/mol. The number of hydrogen-bond donors (Lipinski definition) is 1. The van der Waals surface area contributed by atoms with E-state index < -0.39 is 6.04 Å². The second-order valence-electron chi connectivity index (χ2n) is 3.47. The number of halogens is 1. The second-order valence-corrected chi connectivity index (χ2v) is 3.47. The van der Waals surface area contributed by atoms with Gasteiger partial charge in [-0.25, -0.2) is 4.39 Å². The lowest BCUT2D eigenvalue weighted by Gasteiger charge is -2.13. The van der Waals surface area contributed by atoms with Gasteiger partial charge in [0.15, 0.2) is 0 Å². The monoisotopic (exact) mass is 227 g/mol. The third kappa shape index (κ3) is 2.58. The number of hydrogen-bond acceptors (Lipinski definition) is 3. The first-order valence-corrected chi connectivity index (χ1v) is 5.12. The number of para-hydroxylation sites is 1. The number of aromatic nitrogens is 1. The Bertz CT molecular complexity index is 534. The SMILES string of the molecule is N#CC(Nc1ccccc1F)c1cccnc1. The van der Waals surface area contributed by atoms with E-state index in [-0.39, 0.29) is 5.82 Å². The fourth-order valence-electron chi connectivity index (χ4n) is 1.47. The van der Waals surface area contributed by atoms with Crippen LogP contribution in [0.15, 0.2) is 48.8 Å². The number of nitriles is 1. The Kier molecular flexibility index (Phi) is 3.31. The van der Waals surface area contributed by atoms with E-state index in [2.05, 4.69) is 16.4 Å². The van der Waals surface area contributed by atoms with Crippen molar-refractivity contribution in [1.29, 1.82) is 5.26 Å². The van der Waals surface area contributed by atoms with E-state index in [0.717, 1.165) is 0 Å². The number of benzene rings is 1. The van der Waals surface area contributed by atoms with E-state index in [1.54, 1.807) is 42.7 Å².